The van der Waals surface area contributed by atoms with Crippen LogP contribution < -0.4 is 0 Å². The molecule has 0 atom stereocenters. The van der Waals surface area contributed by atoms with E-state index in [1.54, 1.807) is 17.4 Å². The number of fused-ring (bicyclic) bond motifs is 1. The summed E-state index contributed by atoms with van der Waals surface area (Å²) in [6.45, 7) is 0. The number of para-hydroxylation sites is 1. The third kappa shape index (κ3) is 4.13. The third-order valence-corrected chi connectivity index (χ3v) is 5.45. The molecular weight excluding hydrogens is 350 g/mol. The van der Waals surface area contributed by atoms with Crippen molar-refractivity contribution in [3.63, 3.8) is 0 Å². The van der Waals surface area contributed by atoms with Crippen LogP contribution in [0, 0.1) is 0 Å². The van der Waals surface area contributed by atoms with Crippen LogP contribution in [0.4, 0.5) is 0 Å². The van der Waals surface area contributed by atoms with Crippen LogP contribution in [-0.4, -0.2) is 21.8 Å². The molecule has 0 fully saturated rings. The van der Waals surface area contributed by atoms with Gasteiger partial charge in [-0.05, 0) is 35.9 Å². The molecule has 0 aliphatic heterocycles. The largest absolute Gasteiger partial charge is 0.481 e. The summed E-state index contributed by atoms with van der Waals surface area (Å²) in [4.78, 5) is 16.4. The van der Waals surface area contributed by atoms with E-state index in [1.807, 2.05) is 48.5 Å². The van der Waals surface area contributed by atoms with Crippen molar-refractivity contribution in [2.24, 2.45) is 0 Å². The molecule has 3 nitrogen and oxygen atoms in total. The van der Waals surface area contributed by atoms with E-state index in [2.05, 4.69) is 4.98 Å². The highest BCUT2D eigenvalue weighted by atomic mass is 35.5. The molecule has 0 amide bonds. The first kappa shape index (κ1) is 16.1. The monoisotopic (exact) mass is 361 g/mol. The first-order valence-corrected chi connectivity index (χ1v) is 8.97. The highest BCUT2D eigenvalue weighted by Crippen LogP contribution is 2.35. The van der Waals surface area contributed by atoms with Crippen LogP contribution in [0.2, 0.25) is 5.02 Å². The van der Waals surface area contributed by atoms with Gasteiger partial charge in [-0.15, -0.1) is 23.1 Å². The number of thiazole rings is 1. The van der Waals surface area contributed by atoms with Crippen molar-refractivity contribution in [3.05, 3.63) is 64.1 Å². The highest BCUT2D eigenvalue weighted by Gasteiger charge is 2.11. The van der Waals surface area contributed by atoms with Crippen molar-refractivity contribution < 1.29 is 9.90 Å². The van der Waals surface area contributed by atoms with Crippen LogP contribution in [0.3, 0.4) is 0 Å². The van der Waals surface area contributed by atoms with Crippen molar-refractivity contribution in [2.75, 3.05) is 5.75 Å². The molecule has 0 aliphatic carbocycles. The number of carboxylic acids is 1. The molecule has 0 saturated heterocycles. The number of hydrogen-bond acceptors (Lipinski definition) is 4. The lowest BCUT2D eigenvalue weighted by Crippen LogP contribution is -1.97. The van der Waals surface area contributed by atoms with Crippen LogP contribution in [-0.2, 0) is 4.79 Å². The van der Waals surface area contributed by atoms with E-state index in [4.69, 9.17) is 16.7 Å². The number of aliphatic carboxylic acids is 1. The van der Waals surface area contributed by atoms with Crippen molar-refractivity contribution >= 4 is 61.9 Å². The zero-order valence-electron chi connectivity index (χ0n) is 11.9. The quantitative estimate of drug-likeness (QED) is 0.672. The van der Waals surface area contributed by atoms with Gasteiger partial charge in [-0.3, -0.25) is 4.79 Å². The minimum atomic E-state index is -0.854. The summed E-state index contributed by atoms with van der Waals surface area (Å²) in [5.41, 5.74) is 1.84. The Morgan fingerprint density at radius 3 is 2.83 bits per heavy atom. The first-order valence-electron chi connectivity index (χ1n) is 6.79. The predicted octanol–water partition coefficient (Wildman–Crippen LogP) is 5.27. The molecule has 0 saturated carbocycles. The van der Waals surface area contributed by atoms with Gasteiger partial charge in [0.05, 0.1) is 16.0 Å². The molecule has 0 spiro atoms. The van der Waals surface area contributed by atoms with Gasteiger partial charge >= 0.3 is 5.97 Å². The molecule has 2 aromatic carbocycles. The Balaban J connectivity index is 2.02. The van der Waals surface area contributed by atoms with E-state index >= 15 is 0 Å². The number of benzene rings is 2. The lowest BCUT2D eigenvalue weighted by atomic mass is 10.2. The SMILES string of the molecule is O=C(O)CS/C(=C\c1cccc(Cl)c1)c1nc2ccccc2s1. The van der Waals surface area contributed by atoms with Gasteiger partial charge in [0.25, 0.3) is 0 Å². The van der Waals surface area contributed by atoms with Gasteiger partial charge in [-0.2, -0.15) is 0 Å². The Morgan fingerprint density at radius 1 is 1.26 bits per heavy atom. The van der Waals surface area contributed by atoms with Gasteiger partial charge in [-0.1, -0.05) is 35.9 Å². The first-order chi connectivity index (χ1) is 11.1. The number of thioether (sulfide) groups is 1. The molecule has 3 aromatic rings. The van der Waals surface area contributed by atoms with Crippen molar-refractivity contribution in [1.29, 1.82) is 0 Å². The number of carboxylic acid groups (broad SMARTS) is 1. The number of aromatic nitrogens is 1. The zero-order chi connectivity index (χ0) is 16.2. The molecule has 3 rings (SSSR count). The second kappa shape index (κ2) is 7.17. The maximum absolute atomic E-state index is 10.9. The summed E-state index contributed by atoms with van der Waals surface area (Å²) in [5, 5.41) is 10.4. The zero-order valence-corrected chi connectivity index (χ0v) is 14.3. The van der Waals surface area contributed by atoms with Crippen LogP contribution in [0.25, 0.3) is 21.2 Å². The van der Waals surface area contributed by atoms with Crippen molar-refractivity contribution in [2.45, 2.75) is 0 Å². The van der Waals surface area contributed by atoms with Crippen molar-refractivity contribution in [1.82, 2.24) is 4.98 Å². The summed E-state index contributed by atoms with van der Waals surface area (Å²) in [6, 6.07) is 15.3. The molecule has 0 radical (unpaired) electrons. The smallest absolute Gasteiger partial charge is 0.313 e. The Labute approximate surface area is 146 Å². The number of rotatable bonds is 5. The lowest BCUT2D eigenvalue weighted by Gasteiger charge is -2.03. The van der Waals surface area contributed by atoms with Crippen molar-refractivity contribution in [3.8, 4) is 0 Å². The van der Waals surface area contributed by atoms with E-state index in [0.717, 1.165) is 25.7 Å². The summed E-state index contributed by atoms with van der Waals surface area (Å²) >= 11 is 8.84. The minimum absolute atomic E-state index is 0.0116. The van der Waals surface area contributed by atoms with Gasteiger partial charge in [0.15, 0.2) is 0 Å². The number of carbonyl (C=O) groups is 1. The van der Waals surface area contributed by atoms with Gasteiger partial charge < -0.3 is 5.11 Å². The maximum Gasteiger partial charge on any atom is 0.313 e. The Bertz CT molecular complexity index is 856. The summed E-state index contributed by atoms with van der Waals surface area (Å²) in [5.74, 6) is -0.865. The average molecular weight is 362 g/mol. The Hall–Kier alpha value is -1.82. The number of hydrogen-bond donors (Lipinski definition) is 1. The second-order valence-corrected chi connectivity index (χ2v) is 7.22. The summed E-state index contributed by atoms with van der Waals surface area (Å²) in [7, 11) is 0. The molecule has 0 aliphatic rings. The van der Waals surface area contributed by atoms with E-state index in [0.29, 0.717) is 5.02 Å². The summed E-state index contributed by atoms with van der Waals surface area (Å²) < 4.78 is 1.08. The Morgan fingerprint density at radius 2 is 2.09 bits per heavy atom. The summed E-state index contributed by atoms with van der Waals surface area (Å²) in [6.07, 6.45) is 1.93. The van der Waals surface area contributed by atoms with E-state index in [9.17, 15) is 4.79 Å². The molecule has 6 heteroatoms. The molecule has 0 bridgehead atoms. The van der Waals surface area contributed by atoms with Gasteiger partial charge in [-0.25, -0.2) is 4.98 Å². The van der Waals surface area contributed by atoms with Crippen LogP contribution in [0.1, 0.15) is 10.6 Å². The van der Waals surface area contributed by atoms with E-state index < -0.39 is 5.97 Å². The van der Waals surface area contributed by atoms with Crippen LogP contribution in [0.15, 0.2) is 48.5 Å². The van der Waals surface area contributed by atoms with Crippen LogP contribution >= 0.6 is 34.7 Å². The fourth-order valence-corrected chi connectivity index (χ4v) is 4.07. The standard InChI is InChI=1S/C17H12ClNO2S2/c18-12-5-3-4-11(8-12)9-15(22-10-16(20)21)17-19-13-6-1-2-7-14(13)23-17/h1-9H,10H2,(H,20,21)/b15-9-. The molecule has 1 aromatic heterocycles. The molecule has 116 valence electrons. The second-order valence-electron chi connectivity index (χ2n) is 4.73. The predicted molar refractivity (Wildman–Crippen MR) is 99.0 cm³/mol. The Kier molecular flexibility index (Phi) is 5.00. The third-order valence-electron chi connectivity index (χ3n) is 3.00. The van der Waals surface area contributed by atoms with E-state index in [1.165, 1.54) is 11.8 Å². The fourth-order valence-electron chi connectivity index (χ4n) is 2.03. The topological polar surface area (TPSA) is 50.2 Å². The number of halogens is 1. The number of nitrogens with zero attached hydrogens (tertiary/aromatic N) is 1. The average Bonchev–Trinajstić information content (AvgIpc) is 2.95. The lowest BCUT2D eigenvalue weighted by molar-refractivity contribution is -0.133. The van der Waals surface area contributed by atoms with E-state index in [-0.39, 0.29) is 5.75 Å². The van der Waals surface area contributed by atoms with Gasteiger partial charge in [0.1, 0.15) is 5.01 Å². The molecule has 1 heterocycles. The maximum atomic E-state index is 10.9. The molecular formula is C17H12ClNO2S2. The van der Waals surface area contributed by atoms with Gasteiger partial charge in [0, 0.05) is 9.93 Å². The van der Waals surface area contributed by atoms with Crippen LogP contribution in [0.5, 0.6) is 0 Å². The highest BCUT2D eigenvalue weighted by molar-refractivity contribution is 8.09. The minimum Gasteiger partial charge on any atom is -0.481 e. The fraction of sp³-hybridized carbons (Fsp3) is 0.0588. The molecule has 0 unspecified atom stereocenters. The normalized spacial score (nSPS) is 11.8. The molecule has 23 heavy (non-hydrogen) atoms. The molecule has 1 N–H and O–H groups in total. The van der Waals surface area contributed by atoms with Gasteiger partial charge in [0.2, 0.25) is 0 Å².